The quantitative estimate of drug-likeness (QED) is 0.685. The molecule has 1 aliphatic rings. The smallest absolute Gasteiger partial charge is 0.0615 e. The molecule has 0 aromatic rings. The van der Waals surface area contributed by atoms with E-state index in [1.165, 1.54) is 38.6 Å². The lowest BCUT2D eigenvalue weighted by Crippen LogP contribution is -2.35. The molecule has 0 aliphatic heterocycles. The number of hydrogen-bond acceptors (Lipinski definition) is 2. The summed E-state index contributed by atoms with van der Waals surface area (Å²) in [5.74, 6) is 0.936. The SMILES string of the molecule is CCC(COC)NCC1CCCC1. The maximum absolute atomic E-state index is 5.15. The largest absolute Gasteiger partial charge is 0.383 e. The van der Waals surface area contributed by atoms with Gasteiger partial charge in [0.1, 0.15) is 0 Å². The second-order valence-electron chi connectivity index (χ2n) is 4.12. The summed E-state index contributed by atoms with van der Waals surface area (Å²) in [6.45, 7) is 4.26. The molecule has 2 heteroatoms. The van der Waals surface area contributed by atoms with Crippen LogP contribution in [0, 0.1) is 5.92 Å². The minimum atomic E-state index is 0.561. The van der Waals surface area contributed by atoms with Crippen molar-refractivity contribution in [2.45, 2.75) is 45.1 Å². The fraction of sp³-hybridized carbons (Fsp3) is 1.00. The van der Waals surface area contributed by atoms with Crippen molar-refractivity contribution in [1.29, 1.82) is 0 Å². The summed E-state index contributed by atoms with van der Waals surface area (Å²) in [7, 11) is 1.78. The van der Waals surface area contributed by atoms with Crippen LogP contribution in [-0.4, -0.2) is 26.3 Å². The minimum Gasteiger partial charge on any atom is -0.383 e. The lowest BCUT2D eigenvalue weighted by Gasteiger charge is -2.18. The molecule has 1 aliphatic carbocycles. The second kappa shape index (κ2) is 6.39. The predicted molar refractivity (Wildman–Crippen MR) is 55.9 cm³/mol. The zero-order chi connectivity index (χ0) is 9.52. The molecule has 0 amide bonds. The van der Waals surface area contributed by atoms with Gasteiger partial charge in [0.2, 0.25) is 0 Å². The molecule has 13 heavy (non-hydrogen) atoms. The van der Waals surface area contributed by atoms with Gasteiger partial charge in [0, 0.05) is 13.2 Å². The molecule has 1 atom stereocenters. The van der Waals surface area contributed by atoms with Crippen LogP contribution < -0.4 is 5.32 Å². The van der Waals surface area contributed by atoms with Crippen molar-refractivity contribution in [3.63, 3.8) is 0 Å². The Morgan fingerprint density at radius 1 is 1.38 bits per heavy atom. The molecule has 0 aromatic heterocycles. The Bertz CT molecular complexity index is 121. The molecule has 78 valence electrons. The van der Waals surface area contributed by atoms with E-state index in [-0.39, 0.29) is 0 Å². The lowest BCUT2D eigenvalue weighted by atomic mass is 10.1. The number of hydrogen-bond donors (Lipinski definition) is 1. The molecule has 1 N–H and O–H groups in total. The molecular formula is C11H23NO. The van der Waals surface area contributed by atoms with Gasteiger partial charge in [-0.1, -0.05) is 19.8 Å². The standard InChI is InChI=1S/C11H23NO/c1-3-11(9-13-2)12-8-10-6-4-5-7-10/h10-12H,3-9H2,1-2H3. The summed E-state index contributed by atoms with van der Waals surface area (Å²) in [6, 6.07) is 0.561. The van der Waals surface area contributed by atoms with Crippen molar-refractivity contribution < 1.29 is 4.74 Å². The van der Waals surface area contributed by atoms with Crippen molar-refractivity contribution in [1.82, 2.24) is 5.32 Å². The van der Waals surface area contributed by atoms with Crippen molar-refractivity contribution in [3.05, 3.63) is 0 Å². The van der Waals surface area contributed by atoms with Crippen LogP contribution in [0.1, 0.15) is 39.0 Å². The third kappa shape index (κ3) is 4.10. The topological polar surface area (TPSA) is 21.3 Å². The summed E-state index contributed by atoms with van der Waals surface area (Å²) in [5.41, 5.74) is 0. The summed E-state index contributed by atoms with van der Waals surface area (Å²) < 4.78 is 5.15. The van der Waals surface area contributed by atoms with Crippen LogP contribution in [0.5, 0.6) is 0 Å². The van der Waals surface area contributed by atoms with Crippen LogP contribution in [0.4, 0.5) is 0 Å². The van der Waals surface area contributed by atoms with Gasteiger partial charge in [-0.05, 0) is 31.7 Å². The highest BCUT2D eigenvalue weighted by atomic mass is 16.5. The van der Waals surface area contributed by atoms with Crippen molar-refractivity contribution >= 4 is 0 Å². The van der Waals surface area contributed by atoms with E-state index in [4.69, 9.17) is 4.74 Å². The molecule has 0 spiro atoms. The van der Waals surface area contributed by atoms with Gasteiger partial charge in [0.15, 0.2) is 0 Å². The number of ether oxygens (including phenoxy) is 1. The fourth-order valence-electron chi connectivity index (χ4n) is 2.07. The molecule has 0 bridgehead atoms. The van der Waals surface area contributed by atoms with Crippen LogP contribution in [0.25, 0.3) is 0 Å². The first kappa shape index (κ1) is 11.0. The molecule has 0 aromatic carbocycles. The van der Waals surface area contributed by atoms with Gasteiger partial charge < -0.3 is 10.1 Å². The Hall–Kier alpha value is -0.0800. The van der Waals surface area contributed by atoms with Gasteiger partial charge >= 0.3 is 0 Å². The third-order valence-electron chi connectivity index (χ3n) is 3.03. The van der Waals surface area contributed by atoms with Crippen LogP contribution in [0.2, 0.25) is 0 Å². The summed E-state index contributed by atoms with van der Waals surface area (Å²) in [6.07, 6.45) is 6.90. The average Bonchev–Trinajstić information content (AvgIpc) is 2.64. The van der Waals surface area contributed by atoms with Crippen molar-refractivity contribution in [2.75, 3.05) is 20.3 Å². The molecule has 0 radical (unpaired) electrons. The van der Waals surface area contributed by atoms with E-state index < -0.39 is 0 Å². The maximum Gasteiger partial charge on any atom is 0.0615 e. The zero-order valence-corrected chi connectivity index (χ0v) is 9.01. The van der Waals surface area contributed by atoms with Crippen LogP contribution in [-0.2, 0) is 4.74 Å². The Balaban J connectivity index is 2.07. The van der Waals surface area contributed by atoms with Crippen molar-refractivity contribution in [2.24, 2.45) is 5.92 Å². The maximum atomic E-state index is 5.15. The lowest BCUT2D eigenvalue weighted by molar-refractivity contribution is 0.162. The van der Waals surface area contributed by atoms with Crippen LogP contribution in [0.3, 0.4) is 0 Å². The molecule has 1 saturated carbocycles. The number of methoxy groups -OCH3 is 1. The Morgan fingerprint density at radius 3 is 2.62 bits per heavy atom. The summed E-state index contributed by atoms with van der Waals surface area (Å²) in [5, 5.41) is 3.59. The molecule has 1 fully saturated rings. The van der Waals surface area contributed by atoms with Gasteiger partial charge in [-0.3, -0.25) is 0 Å². The monoisotopic (exact) mass is 185 g/mol. The normalized spacial score (nSPS) is 20.8. The number of rotatable bonds is 6. The van der Waals surface area contributed by atoms with Gasteiger partial charge in [0.25, 0.3) is 0 Å². The summed E-state index contributed by atoms with van der Waals surface area (Å²) >= 11 is 0. The van der Waals surface area contributed by atoms with E-state index >= 15 is 0 Å². The van der Waals surface area contributed by atoms with E-state index in [9.17, 15) is 0 Å². The second-order valence-corrected chi connectivity index (χ2v) is 4.12. The first-order valence-electron chi connectivity index (χ1n) is 5.59. The fourth-order valence-corrected chi connectivity index (χ4v) is 2.07. The molecular weight excluding hydrogens is 162 g/mol. The van der Waals surface area contributed by atoms with E-state index in [0.717, 1.165) is 12.5 Å². The highest BCUT2D eigenvalue weighted by Crippen LogP contribution is 2.23. The highest BCUT2D eigenvalue weighted by molar-refractivity contribution is 4.72. The van der Waals surface area contributed by atoms with Crippen LogP contribution >= 0.6 is 0 Å². The zero-order valence-electron chi connectivity index (χ0n) is 9.01. The van der Waals surface area contributed by atoms with Gasteiger partial charge in [-0.25, -0.2) is 0 Å². The average molecular weight is 185 g/mol. The van der Waals surface area contributed by atoms with Gasteiger partial charge in [-0.15, -0.1) is 0 Å². The molecule has 2 nitrogen and oxygen atoms in total. The third-order valence-corrected chi connectivity index (χ3v) is 3.03. The predicted octanol–water partition coefficient (Wildman–Crippen LogP) is 2.19. The Labute approximate surface area is 82.0 Å². The van der Waals surface area contributed by atoms with Gasteiger partial charge in [0.05, 0.1) is 6.61 Å². The Kier molecular flexibility index (Phi) is 5.40. The molecule has 1 unspecified atom stereocenters. The van der Waals surface area contributed by atoms with Crippen LogP contribution in [0.15, 0.2) is 0 Å². The minimum absolute atomic E-state index is 0.561. The van der Waals surface area contributed by atoms with E-state index in [1.54, 1.807) is 7.11 Å². The number of nitrogens with one attached hydrogen (secondary N) is 1. The first-order chi connectivity index (χ1) is 6.36. The van der Waals surface area contributed by atoms with E-state index in [0.29, 0.717) is 6.04 Å². The molecule has 1 rings (SSSR count). The molecule has 0 saturated heterocycles. The Morgan fingerprint density at radius 2 is 2.08 bits per heavy atom. The molecule has 0 heterocycles. The van der Waals surface area contributed by atoms with Crippen molar-refractivity contribution in [3.8, 4) is 0 Å². The van der Waals surface area contributed by atoms with Gasteiger partial charge in [-0.2, -0.15) is 0 Å². The first-order valence-corrected chi connectivity index (χ1v) is 5.59. The highest BCUT2D eigenvalue weighted by Gasteiger charge is 2.15. The van der Waals surface area contributed by atoms with E-state index in [2.05, 4.69) is 12.2 Å². The summed E-state index contributed by atoms with van der Waals surface area (Å²) in [4.78, 5) is 0. The van der Waals surface area contributed by atoms with E-state index in [1.807, 2.05) is 0 Å².